The Morgan fingerprint density at radius 1 is 1.32 bits per heavy atom. The topological polar surface area (TPSA) is 48.1 Å². The fourth-order valence-electron chi connectivity index (χ4n) is 1.87. The van der Waals surface area contributed by atoms with Gasteiger partial charge in [-0.2, -0.15) is 0 Å². The number of thiazole rings is 1. The number of rotatable bonds is 6. The van der Waals surface area contributed by atoms with Gasteiger partial charge in [0.2, 0.25) is 0 Å². The number of aryl methyl sites for hydroxylation is 1. The molecule has 0 spiro atoms. The van der Waals surface area contributed by atoms with Crippen LogP contribution in [0.25, 0.3) is 0 Å². The Kier molecular flexibility index (Phi) is 4.93. The van der Waals surface area contributed by atoms with E-state index >= 15 is 0 Å². The summed E-state index contributed by atoms with van der Waals surface area (Å²) >= 11 is 1.68. The highest BCUT2D eigenvalue weighted by Gasteiger charge is 2.10. The molecule has 0 radical (unpaired) electrons. The van der Waals surface area contributed by atoms with E-state index in [0.717, 1.165) is 34.9 Å². The number of hydrogen-bond acceptors (Lipinski definition) is 4. The van der Waals surface area contributed by atoms with E-state index in [1.807, 2.05) is 24.3 Å². The zero-order valence-electron chi connectivity index (χ0n) is 11.4. The predicted octanol–water partition coefficient (Wildman–Crippen LogP) is 3.69. The van der Waals surface area contributed by atoms with Crippen molar-refractivity contribution >= 4 is 11.3 Å². The lowest BCUT2D eigenvalue weighted by atomic mass is 10.0. The van der Waals surface area contributed by atoms with Crippen LogP contribution < -0.4 is 10.5 Å². The van der Waals surface area contributed by atoms with Gasteiger partial charge in [-0.15, -0.1) is 11.3 Å². The summed E-state index contributed by atoms with van der Waals surface area (Å²) in [6.45, 7) is 4.69. The maximum Gasteiger partial charge on any atom is 0.131 e. The van der Waals surface area contributed by atoms with Gasteiger partial charge in [0, 0.05) is 17.0 Å². The number of ether oxygens (including phenoxy) is 1. The quantitative estimate of drug-likeness (QED) is 0.875. The SMILES string of the molecule is CCc1nc(COc2ccccc2C(N)CC)cs1. The fourth-order valence-corrected chi connectivity index (χ4v) is 2.60. The van der Waals surface area contributed by atoms with Crippen molar-refractivity contribution in [2.24, 2.45) is 5.73 Å². The van der Waals surface area contributed by atoms with Crippen molar-refractivity contribution in [1.82, 2.24) is 4.98 Å². The average Bonchev–Trinajstić information content (AvgIpc) is 2.92. The second-order valence-electron chi connectivity index (χ2n) is 4.43. The van der Waals surface area contributed by atoms with Crippen LogP contribution in [0.5, 0.6) is 5.75 Å². The molecule has 2 N–H and O–H groups in total. The second-order valence-corrected chi connectivity index (χ2v) is 5.37. The van der Waals surface area contributed by atoms with E-state index in [9.17, 15) is 0 Å². The average molecular weight is 276 g/mol. The smallest absolute Gasteiger partial charge is 0.131 e. The summed E-state index contributed by atoms with van der Waals surface area (Å²) in [7, 11) is 0. The van der Waals surface area contributed by atoms with Gasteiger partial charge < -0.3 is 10.5 Å². The number of hydrogen-bond donors (Lipinski definition) is 1. The molecule has 0 fully saturated rings. The first kappa shape index (κ1) is 14.0. The van der Waals surface area contributed by atoms with Gasteiger partial charge in [0.25, 0.3) is 0 Å². The Morgan fingerprint density at radius 3 is 2.79 bits per heavy atom. The van der Waals surface area contributed by atoms with Crippen LogP contribution in [0.1, 0.15) is 42.6 Å². The molecule has 4 heteroatoms. The molecule has 1 heterocycles. The molecule has 19 heavy (non-hydrogen) atoms. The van der Waals surface area contributed by atoms with E-state index in [0.29, 0.717) is 6.61 Å². The minimum Gasteiger partial charge on any atom is -0.487 e. The first-order valence-electron chi connectivity index (χ1n) is 6.65. The number of nitrogens with two attached hydrogens (primary N) is 1. The highest BCUT2D eigenvalue weighted by molar-refractivity contribution is 7.09. The molecule has 1 unspecified atom stereocenters. The number of para-hydroxylation sites is 1. The van der Waals surface area contributed by atoms with Gasteiger partial charge in [0.05, 0.1) is 10.7 Å². The van der Waals surface area contributed by atoms with E-state index in [-0.39, 0.29) is 6.04 Å². The van der Waals surface area contributed by atoms with E-state index in [2.05, 4.69) is 24.2 Å². The van der Waals surface area contributed by atoms with E-state index in [4.69, 9.17) is 10.5 Å². The first-order chi connectivity index (χ1) is 9.24. The van der Waals surface area contributed by atoms with Crippen LogP contribution in [0.3, 0.4) is 0 Å². The van der Waals surface area contributed by atoms with Crippen molar-refractivity contribution in [2.45, 2.75) is 39.3 Å². The molecule has 0 saturated heterocycles. The van der Waals surface area contributed by atoms with Gasteiger partial charge in [0.1, 0.15) is 12.4 Å². The van der Waals surface area contributed by atoms with E-state index in [1.165, 1.54) is 0 Å². The monoisotopic (exact) mass is 276 g/mol. The molecule has 1 aromatic carbocycles. The third-order valence-corrected chi connectivity index (χ3v) is 4.08. The zero-order chi connectivity index (χ0) is 13.7. The number of aromatic nitrogens is 1. The highest BCUT2D eigenvalue weighted by Crippen LogP contribution is 2.26. The molecule has 0 aliphatic heterocycles. The van der Waals surface area contributed by atoms with Crippen molar-refractivity contribution in [3.8, 4) is 5.75 Å². The van der Waals surface area contributed by atoms with Crippen molar-refractivity contribution in [3.05, 3.63) is 45.9 Å². The Hall–Kier alpha value is -1.39. The first-order valence-corrected chi connectivity index (χ1v) is 7.53. The number of benzene rings is 1. The van der Waals surface area contributed by atoms with Crippen molar-refractivity contribution in [1.29, 1.82) is 0 Å². The molecule has 2 rings (SSSR count). The zero-order valence-corrected chi connectivity index (χ0v) is 12.2. The summed E-state index contributed by atoms with van der Waals surface area (Å²) in [6, 6.07) is 7.99. The minimum absolute atomic E-state index is 0.0258. The summed E-state index contributed by atoms with van der Waals surface area (Å²) < 4.78 is 5.87. The van der Waals surface area contributed by atoms with Crippen LogP contribution in [-0.4, -0.2) is 4.98 Å². The summed E-state index contributed by atoms with van der Waals surface area (Å²) in [5.41, 5.74) is 8.15. The van der Waals surface area contributed by atoms with Gasteiger partial charge in [-0.05, 0) is 18.9 Å². The van der Waals surface area contributed by atoms with Gasteiger partial charge in [-0.1, -0.05) is 32.0 Å². The Labute approximate surface area is 118 Å². The van der Waals surface area contributed by atoms with Gasteiger partial charge in [0.15, 0.2) is 0 Å². The van der Waals surface area contributed by atoms with Crippen LogP contribution >= 0.6 is 11.3 Å². The lowest BCUT2D eigenvalue weighted by Crippen LogP contribution is -2.10. The fraction of sp³-hybridized carbons (Fsp3) is 0.400. The van der Waals surface area contributed by atoms with Crippen LogP contribution in [-0.2, 0) is 13.0 Å². The maximum absolute atomic E-state index is 6.10. The molecule has 0 aliphatic carbocycles. The summed E-state index contributed by atoms with van der Waals surface area (Å²) in [6.07, 6.45) is 1.87. The third kappa shape index (κ3) is 3.55. The van der Waals surface area contributed by atoms with Crippen LogP contribution in [0.4, 0.5) is 0 Å². The van der Waals surface area contributed by atoms with E-state index < -0.39 is 0 Å². The van der Waals surface area contributed by atoms with Crippen LogP contribution in [0, 0.1) is 0 Å². The summed E-state index contributed by atoms with van der Waals surface area (Å²) in [4.78, 5) is 4.50. The predicted molar refractivity (Wildman–Crippen MR) is 79.5 cm³/mol. The molecule has 0 aliphatic rings. The molecule has 1 atom stereocenters. The third-order valence-electron chi connectivity index (χ3n) is 3.04. The Balaban J connectivity index is 2.06. The normalized spacial score (nSPS) is 12.4. The molecule has 2 aromatic rings. The highest BCUT2D eigenvalue weighted by atomic mass is 32.1. The van der Waals surface area contributed by atoms with Crippen LogP contribution in [0.15, 0.2) is 29.6 Å². The minimum atomic E-state index is 0.0258. The molecule has 102 valence electrons. The second kappa shape index (κ2) is 6.68. The summed E-state index contributed by atoms with van der Waals surface area (Å²) in [5, 5.41) is 3.21. The summed E-state index contributed by atoms with van der Waals surface area (Å²) in [5.74, 6) is 0.864. The molecule has 0 saturated carbocycles. The lowest BCUT2D eigenvalue weighted by molar-refractivity contribution is 0.296. The molecule has 1 aromatic heterocycles. The van der Waals surface area contributed by atoms with Crippen LogP contribution in [0.2, 0.25) is 0 Å². The standard InChI is InChI=1S/C15H20N2OS/c1-3-13(16)12-7-5-6-8-14(12)18-9-11-10-19-15(4-2)17-11/h5-8,10,13H,3-4,9,16H2,1-2H3. The van der Waals surface area contributed by atoms with Gasteiger partial charge >= 0.3 is 0 Å². The molecular formula is C15H20N2OS. The molecule has 3 nitrogen and oxygen atoms in total. The van der Waals surface area contributed by atoms with Crippen molar-refractivity contribution in [2.75, 3.05) is 0 Å². The van der Waals surface area contributed by atoms with Crippen molar-refractivity contribution < 1.29 is 4.74 Å². The maximum atomic E-state index is 6.10. The molecular weight excluding hydrogens is 256 g/mol. The largest absolute Gasteiger partial charge is 0.487 e. The molecule has 0 amide bonds. The Bertz CT molecular complexity index is 524. The van der Waals surface area contributed by atoms with Crippen molar-refractivity contribution in [3.63, 3.8) is 0 Å². The number of nitrogens with zero attached hydrogens (tertiary/aromatic N) is 1. The van der Waals surface area contributed by atoms with Gasteiger partial charge in [-0.25, -0.2) is 4.98 Å². The van der Waals surface area contributed by atoms with E-state index in [1.54, 1.807) is 11.3 Å². The Morgan fingerprint density at radius 2 is 2.11 bits per heavy atom. The molecule has 0 bridgehead atoms. The lowest BCUT2D eigenvalue weighted by Gasteiger charge is -2.15. The van der Waals surface area contributed by atoms with Gasteiger partial charge in [-0.3, -0.25) is 0 Å².